The van der Waals surface area contributed by atoms with Crippen LogP contribution in [0.4, 0.5) is 0 Å². The van der Waals surface area contributed by atoms with E-state index in [0.717, 1.165) is 0 Å². The van der Waals surface area contributed by atoms with Crippen LogP contribution in [0.5, 0.6) is 17.5 Å². The zero-order chi connectivity index (χ0) is 13.0. The first-order chi connectivity index (χ1) is 8.70. The van der Waals surface area contributed by atoms with Gasteiger partial charge in [-0.15, -0.1) is 0 Å². The van der Waals surface area contributed by atoms with Crippen LogP contribution < -0.4 is 9.47 Å². The topological polar surface area (TPSA) is 81.5 Å². The fourth-order valence-electron chi connectivity index (χ4n) is 1.28. The summed E-state index contributed by atoms with van der Waals surface area (Å²) in [7, 11) is 1.52. The van der Waals surface area contributed by atoms with Crippen LogP contribution >= 0.6 is 0 Å². The average Bonchev–Trinajstić information content (AvgIpc) is 2.40. The fourth-order valence-corrected chi connectivity index (χ4v) is 1.28. The molecule has 0 spiro atoms. The maximum Gasteiger partial charge on any atom is 0.338 e. The summed E-state index contributed by atoms with van der Waals surface area (Å²) in [6.45, 7) is 0. The molecule has 0 aliphatic carbocycles. The molecule has 1 aromatic heterocycles. The van der Waals surface area contributed by atoms with Gasteiger partial charge in [-0.25, -0.2) is 14.8 Å². The van der Waals surface area contributed by atoms with Crippen molar-refractivity contribution < 1.29 is 19.4 Å². The molecule has 1 N–H and O–H groups in total. The Morgan fingerprint density at radius 3 is 2.33 bits per heavy atom. The smallest absolute Gasteiger partial charge is 0.338 e. The van der Waals surface area contributed by atoms with Gasteiger partial charge in [-0.05, 0) is 12.1 Å². The van der Waals surface area contributed by atoms with Crippen molar-refractivity contribution in [2.24, 2.45) is 0 Å². The molecule has 18 heavy (non-hydrogen) atoms. The maximum absolute atomic E-state index is 10.6. The molecule has 92 valence electrons. The van der Waals surface area contributed by atoms with Crippen molar-refractivity contribution in [3.63, 3.8) is 0 Å². The molecule has 0 saturated heterocycles. The van der Waals surface area contributed by atoms with Crippen molar-refractivity contribution in [3.05, 3.63) is 42.2 Å². The highest BCUT2D eigenvalue weighted by molar-refractivity contribution is 5.86. The van der Waals surface area contributed by atoms with Gasteiger partial charge in [-0.2, -0.15) is 0 Å². The van der Waals surface area contributed by atoms with Crippen molar-refractivity contribution in [2.75, 3.05) is 7.11 Å². The van der Waals surface area contributed by atoms with E-state index >= 15 is 0 Å². The molecule has 0 radical (unpaired) electrons. The number of benzene rings is 1. The zero-order valence-electron chi connectivity index (χ0n) is 9.53. The van der Waals surface area contributed by atoms with Crippen LogP contribution in [0.15, 0.2) is 36.7 Å². The molecule has 0 atom stereocenters. The first kappa shape index (κ1) is 11.8. The number of rotatable bonds is 4. The van der Waals surface area contributed by atoms with Gasteiger partial charge in [0.2, 0.25) is 0 Å². The Labute approximate surface area is 103 Å². The minimum atomic E-state index is -1.08. The van der Waals surface area contributed by atoms with Crippen LogP contribution in [-0.4, -0.2) is 28.2 Å². The van der Waals surface area contributed by atoms with Gasteiger partial charge < -0.3 is 14.6 Å². The maximum atomic E-state index is 10.6. The number of aromatic nitrogens is 2. The first-order valence-electron chi connectivity index (χ1n) is 5.07. The molecule has 2 rings (SSSR count). The second-order valence-corrected chi connectivity index (χ2v) is 3.31. The Kier molecular flexibility index (Phi) is 3.38. The summed E-state index contributed by atoms with van der Waals surface area (Å²) in [4.78, 5) is 18.2. The number of hydrogen-bond acceptors (Lipinski definition) is 5. The molecule has 1 aromatic carbocycles. The highest BCUT2D eigenvalue weighted by Crippen LogP contribution is 2.28. The highest BCUT2D eigenvalue weighted by Gasteiger charge is 2.08. The van der Waals surface area contributed by atoms with E-state index < -0.39 is 5.97 Å². The number of carbonyl (C=O) groups is 1. The van der Waals surface area contributed by atoms with E-state index in [-0.39, 0.29) is 11.6 Å². The molecule has 6 heteroatoms. The molecule has 0 amide bonds. The van der Waals surface area contributed by atoms with Gasteiger partial charge in [0.05, 0.1) is 12.7 Å². The van der Waals surface area contributed by atoms with E-state index in [1.807, 2.05) is 0 Å². The lowest BCUT2D eigenvalue weighted by molar-refractivity contribution is 0.0696. The summed E-state index contributed by atoms with van der Waals surface area (Å²) < 4.78 is 10.5. The number of aromatic carboxylic acids is 1. The van der Waals surface area contributed by atoms with Crippen LogP contribution in [0.25, 0.3) is 0 Å². The largest absolute Gasteiger partial charge is 0.493 e. The molecule has 0 bridgehead atoms. The number of methoxy groups -OCH3 is 1. The van der Waals surface area contributed by atoms with Crippen LogP contribution in [-0.2, 0) is 0 Å². The molecule has 6 nitrogen and oxygen atoms in total. The lowest BCUT2D eigenvalue weighted by atomic mass is 10.3. The predicted molar refractivity (Wildman–Crippen MR) is 62.1 cm³/mol. The zero-order valence-corrected chi connectivity index (χ0v) is 9.53. The Bertz CT molecular complexity index is 554. The van der Waals surface area contributed by atoms with E-state index in [2.05, 4.69) is 9.97 Å². The number of carboxylic acid groups (broad SMARTS) is 1. The normalized spacial score (nSPS) is 9.83. The van der Waals surface area contributed by atoms with Crippen LogP contribution in [0, 0.1) is 0 Å². The summed E-state index contributed by atoms with van der Waals surface area (Å²) in [5.74, 6) is -0.0784. The third-order valence-electron chi connectivity index (χ3n) is 2.15. The molecule has 1 heterocycles. The summed E-state index contributed by atoms with van der Waals surface area (Å²) in [5, 5.41) is 8.71. The lowest BCUT2D eigenvalue weighted by Crippen LogP contribution is -2.00. The minimum absolute atomic E-state index is 0.00220. The number of hydrogen-bond donors (Lipinski definition) is 1. The van der Waals surface area contributed by atoms with Crippen molar-refractivity contribution in [3.8, 4) is 17.5 Å². The van der Waals surface area contributed by atoms with E-state index in [4.69, 9.17) is 14.6 Å². The third kappa shape index (κ3) is 2.54. The quantitative estimate of drug-likeness (QED) is 0.888. The number of nitrogens with zero attached hydrogens (tertiary/aromatic N) is 2. The summed E-state index contributed by atoms with van der Waals surface area (Å²) >= 11 is 0. The minimum Gasteiger partial charge on any atom is -0.493 e. The van der Waals surface area contributed by atoms with Gasteiger partial charge in [0.25, 0.3) is 0 Å². The molecule has 0 unspecified atom stereocenters. The molecule has 2 aromatic rings. The van der Waals surface area contributed by atoms with Gasteiger partial charge in [-0.3, -0.25) is 0 Å². The number of carboxylic acids is 1. The van der Waals surface area contributed by atoms with Crippen LogP contribution in [0.1, 0.15) is 10.4 Å². The van der Waals surface area contributed by atoms with Crippen molar-refractivity contribution in [2.45, 2.75) is 0 Å². The molecule has 0 fully saturated rings. The highest BCUT2D eigenvalue weighted by atomic mass is 16.5. The van der Waals surface area contributed by atoms with Gasteiger partial charge in [-0.1, -0.05) is 12.1 Å². The SMILES string of the molecule is COc1ccccc1Oc1ncc(C(=O)O)cn1. The van der Waals surface area contributed by atoms with Crippen molar-refractivity contribution in [1.29, 1.82) is 0 Å². The van der Waals surface area contributed by atoms with E-state index in [0.29, 0.717) is 11.5 Å². The van der Waals surface area contributed by atoms with Crippen molar-refractivity contribution >= 4 is 5.97 Å². The second-order valence-electron chi connectivity index (χ2n) is 3.31. The molecule has 0 saturated carbocycles. The molecular formula is C12H10N2O4. The average molecular weight is 246 g/mol. The van der Waals surface area contributed by atoms with Gasteiger partial charge >= 0.3 is 12.0 Å². The van der Waals surface area contributed by atoms with Crippen LogP contribution in [0.3, 0.4) is 0 Å². The predicted octanol–water partition coefficient (Wildman–Crippen LogP) is 1.98. The fraction of sp³-hybridized carbons (Fsp3) is 0.0833. The van der Waals surface area contributed by atoms with E-state index in [1.165, 1.54) is 19.5 Å². The Morgan fingerprint density at radius 1 is 1.17 bits per heavy atom. The van der Waals surface area contributed by atoms with E-state index in [9.17, 15) is 4.79 Å². The monoisotopic (exact) mass is 246 g/mol. The Hall–Kier alpha value is -2.63. The molecular weight excluding hydrogens is 236 g/mol. The molecule has 0 aliphatic heterocycles. The van der Waals surface area contributed by atoms with Gasteiger partial charge in [0.15, 0.2) is 11.5 Å². The summed E-state index contributed by atoms with van der Waals surface area (Å²) in [6, 6.07) is 7.09. The Balaban J connectivity index is 2.21. The third-order valence-corrected chi connectivity index (χ3v) is 2.15. The van der Waals surface area contributed by atoms with Crippen molar-refractivity contribution in [1.82, 2.24) is 9.97 Å². The lowest BCUT2D eigenvalue weighted by Gasteiger charge is -2.07. The van der Waals surface area contributed by atoms with E-state index in [1.54, 1.807) is 24.3 Å². The number of ether oxygens (including phenoxy) is 2. The first-order valence-corrected chi connectivity index (χ1v) is 5.07. The molecule has 0 aliphatic rings. The standard InChI is InChI=1S/C12H10N2O4/c1-17-9-4-2-3-5-10(9)18-12-13-6-8(7-14-12)11(15)16/h2-7H,1H3,(H,15,16). The van der Waals surface area contributed by atoms with Crippen LogP contribution in [0.2, 0.25) is 0 Å². The number of para-hydroxylation sites is 2. The summed E-state index contributed by atoms with van der Waals surface area (Å²) in [6.07, 6.45) is 2.36. The second kappa shape index (κ2) is 5.13. The van der Waals surface area contributed by atoms with Gasteiger partial charge in [0.1, 0.15) is 0 Å². The van der Waals surface area contributed by atoms with Gasteiger partial charge in [0, 0.05) is 12.4 Å². The summed E-state index contributed by atoms with van der Waals surface area (Å²) in [5.41, 5.74) is 0.00220. The Morgan fingerprint density at radius 2 is 1.78 bits per heavy atom.